The smallest absolute Gasteiger partial charge is 0.493 e. The fourth-order valence-corrected chi connectivity index (χ4v) is 3.96. The molecule has 0 unspecified atom stereocenters. The Labute approximate surface area is 220 Å². The summed E-state index contributed by atoms with van der Waals surface area (Å²) in [7, 11) is 1.48. The maximum Gasteiger partial charge on any atom is 0.573 e. The van der Waals surface area contributed by atoms with E-state index in [0.29, 0.717) is 6.42 Å². The highest BCUT2D eigenvalue weighted by Crippen LogP contribution is 2.26. The predicted molar refractivity (Wildman–Crippen MR) is 135 cm³/mol. The average molecular weight is 549 g/mol. The Hall–Kier alpha value is -4.26. The SMILES string of the molecule is Cc1ccc(Cn2c(OCCCOc3cccc(OC(F)(F)F)c3)nc3c2c(=O)n(CCO)c(=O)n3C)cc1. The van der Waals surface area contributed by atoms with Gasteiger partial charge in [-0.25, -0.2) is 4.79 Å². The molecule has 0 radical (unpaired) electrons. The molecule has 0 aliphatic carbocycles. The van der Waals surface area contributed by atoms with Crippen LogP contribution >= 0.6 is 0 Å². The maximum absolute atomic E-state index is 13.2. The molecule has 0 saturated carbocycles. The molecule has 0 bridgehead atoms. The molecule has 208 valence electrons. The second-order valence-electron chi connectivity index (χ2n) is 8.73. The molecule has 13 heteroatoms. The Balaban J connectivity index is 1.54. The molecule has 1 N–H and O–H groups in total. The van der Waals surface area contributed by atoms with E-state index in [-0.39, 0.29) is 55.8 Å². The number of aliphatic hydroxyl groups is 1. The van der Waals surface area contributed by atoms with Crippen LogP contribution in [0.5, 0.6) is 17.5 Å². The summed E-state index contributed by atoms with van der Waals surface area (Å²) in [5, 5.41) is 9.36. The van der Waals surface area contributed by atoms with Gasteiger partial charge in [-0.3, -0.25) is 18.5 Å². The number of rotatable bonds is 11. The van der Waals surface area contributed by atoms with Gasteiger partial charge in [-0.15, -0.1) is 13.2 Å². The summed E-state index contributed by atoms with van der Waals surface area (Å²) in [5.41, 5.74) is 1.02. The molecule has 0 spiro atoms. The first-order chi connectivity index (χ1) is 18.6. The first-order valence-corrected chi connectivity index (χ1v) is 12.1. The zero-order chi connectivity index (χ0) is 28.2. The Morgan fingerprint density at radius 2 is 1.67 bits per heavy atom. The third-order valence-electron chi connectivity index (χ3n) is 5.81. The summed E-state index contributed by atoms with van der Waals surface area (Å²) in [5.74, 6) is -0.193. The number of fused-ring (bicyclic) bond motifs is 1. The van der Waals surface area contributed by atoms with Gasteiger partial charge in [-0.1, -0.05) is 35.9 Å². The topological polar surface area (TPSA) is 110 Å². The van der Waals surface area contributed by atoms with Crippen molar-refractivity contribution in [2.24, 2.45) is 7.05 Å². The van der Waals surface area contributed by atoms with Crippen LogP contribution in [0.15, 0.2) is 58.1 Å². The van der Waals surface area contributed by atoms with E-state index in [0.717, 1.165) is 21.8 Å². The number of ether oxygens (including phenoxy) is 3. The van der Waals surface area contributed by atoms with Gasteiger partial charge in [0.25, 0.3) is 11.6 Å². The van der Waals surface area contributed by atoms with E-state index in [2.05, 4.69) is 9.72 Å². The Kier molecular flexibility index (Phi) is 8.29. The summed E-state index contributed by atoms with van der Waals surface area (Å²) in [4.78, 5) is 30.3. The molecule has 10 nitrogen and oxygen atoms in total. The number of hydrogen-bond acceptors (Lipinski definition) is 7. The van der Waals surface area contributed by atoms with Gasteiger partial charge >= 0.3 is 12.1 Å². The van der Waals surface area contributed by atoms with Gasteiger partial charge in [0.1, 0.15) is 11.5 Å². The molecule has 0 saturated heterocycles. The van der Waals surface area contributed by atoms with Crippen molar-refractivity contribution in [3.63, 3.8) is 0 Å². The molecule has 2 heterocycles. The van der Waals surface area contributed by atoms with E-state index in [1.165, 1.54) is 29.8 Å². The third-order valence-corrected chi connectivity index (χ3v) is 5.81. The van der Waals surface area contributed by atoms with Crippen LogP contribution in [0.25, 0.3) is 11.2 Å². The molecule has 2 aromatic heterocycles. The largest absolute Gasteiger partial charge is 0.573 e. The molecule has 0 fully saturated rings. The Morgan fingerprint density at radius 3 is 2.36 bits per heavy atom. The number of aryl methyl sites for hydroxylation is 2. The lowest BCUT2D eigenvalue weighted by Crippen LogP contribution is -2.40. The molecule has 0 amide bonds. The monoisotopic (exact) mass is 548 g/mol. The second kappa shape index (κ2) is 11.6. The predicted octanol–water partition coefficient (Wildman–Crippen LogP) is 2.99. The standard InChI is InChI=1S/C26H27F3N4O6/c1-17-7-9-18(10-8-17)16-33-21-22(31(2)25(36)32(11-12-34)23(21)35)30-24(33)38-14-4-13-37-19-5-3-6-20(15-19)39-26(27,28)29/h3,5-10,15,34H,4,11-14,16H2,1-2H3. The minimum atomic E-state index is -4.80. The summed E-state index contributed by atoms with van der Waals surface area (Å²) in [6.45, 7) is 1.86. The lowest BCUT2D eigenvalue weighted by atomic mass is 10.1. The van der Waals surface area contributed by atoms with Crippen LogP contribution in [0.3, 0.4) is 0 Å². The minimum Gasteiger partial charge on any atom is -0.493 e. The number of nitrogens with zero attached hydrogens (tertiary/aromatic N) is 4. The highest BCUT2D eigenvalue weighted by Gasteiger charge is 2.31. The first-order valence-electron chi connectivity index (χ1n) is 12.1. The maximum atomic E-state index is 13.2. The van der Waals surface area contributed by atoms with Crippen LogP contribution in [0.2, 0.25) is 0 Å². The van der Waals surface area contributed by atoms with Crippen molar-refractivity contribution in [2.75, 3.05) is 19.8 Å². The average Bonchev–Trinajstić information content (AvgIpc) is 3.24. The summed E-state index contributed by atoms with van der Waals surface area (Å²) < 4.78 is 56.4. The van der Waals surface area contributed by atoms with Gasteiger partial charge in [0.2, 0.25) is 0 Å². The molecule has 2 aromatic carbocycles. The molecule has 4 aromatic rings. The van der Waals surface area contributed by atoms with Crippen molar-refractivity contribution < 1.29 is 32.5 Å². The van der Waals surface area contributed by atoms with Gasteiger partial charge in [0, 0.05) is 19.5 Å². The number of alkyl halides is 3. The highest BCUT2D eigenvalue weighted by atomic mass is 19.4. The van der Waals surface area contributed by atoms with Crippen molar-refractivity contribution in [3.8, 4) is 17.5 Å². The van der Waals surface area contributed by atoms with Crippen LogP contribution < -0.4 is 25.5 Å². The van der Waals surface area contributed by atoms with Crippen LogP contribution in [0, 0.1) is 6.92 Å². The highest BCUT2D eigenvalue weighted by molar-refractivity contribution is 5.72. The number of imidazole rings is 1. The quantitative estimate of drug-likeness (QED) is 0.287. The van der Waals surface area contributed by atoms with Crippen molar-refractivity contribution in [1.82, 2.24) is 18.7 Å². The Bertz CT molecular complexity index is 1560. The molecule has 0 aliphatic heterocycles. The van der Waals surface area contributed by atoms with E-state index < -0.39 is 23.4 Å². The van der Waals surface area contributed by atoms with Crippen LogP contribution in [0.4, 0.5) is 13.2 Å². The number of halogens is 3. The molecular formula is C26H27F3N4O6. The van der Waals surface area contributed by atoms with Crippen LogP contribution in [-0.2, 0) is 20.1 Å². The van der Waals surface area contributed by atoms with Gasteiger partial charge in [-0.2, -0.15) is 4.98 Å². The summed E-state index contributed by atoms with van der Waals surface area (Å²) >= 11 is 0. The van der Waals surface area contributed by atoms with E-state index in [4.69, 9.17) is 9.47 Å². The van der Waals surface area contributed by atoms with Gasteiger partial charge < -0.3 is 19.3 Å². The molecule has 4 rings (SSSR count). The van der Waals surface area contributed by atoms with Gasteiger partial charge in [-0.05, 0) is 24.6 Å². The van der Waals surface area contributed by atoms with E-state index >= 15 is 0 Å². The zero-order valence-electron chi connectivity index (χ0n) is 21.3. The summed E-state index contributed by atoms with van der Waals surface area (Å²) in [6, 6.07) is 13.0. The second-order valence-corrected chi connectivity index (χ2v) is 8.73. The molecule has 0 aliphatic rings. The molecular weight excluding hydrogens is 521 g/mol. The van der Waals surface area contributed by atoms with Crippen molar-refractivity contribution in [3.05, 3.63) is 80.5 Å². The van der Waals surface area contributed by atoms with Crippen molar-refractivity contribution in [1.29, 1.82) is 0 Å². The first kappa shape index (κ1) is 27.8. The number of benzene rings is 2. The lowest BCUT2D eigenvalue weighted by Gasteiger charge is -2.12. The van der Waals surface area contributed by atoms with E-state index in [1.54, 1.807) is 4.57 Å². The van der Waals surface area contributed by atoms with Crippen LogP contribution in [-0.4, -0.2) is 50.0 Å². The van der Waals surface area contributed by atoms with Crippen molar-refractivity contribution in [2.45, 2.75) is 32.8 Å². The Morgan fingerprint density at radius 1 is 0.974 bits per heavy atom. The normalized spacial score (nSPS) is 11.6. The molecule has 0 atom stereocenters. The third kappa shape index (κ3) is 6.60. The number of hydrogen-bond donors (Lipinski definition) is 1. The zero-order valence-corrected chi connectivity index (χ0v) is 21.3. The fourth-order valence-electron chi connectivity index (χ4n) is 3.96. The lowest BCUT2D eigenvalue weighted by molar-refractivity contribution is -0.274. The van der Waals surface area contributed by atoms with Gasteiger partial charge in [0.15, 0.2) is 11.2 Å². The van der Waals surface area contributed by atoms with Gasteiger partial charge in [0.05, 0.1) is 32.9 Å². The van der Waals surface area contributed by atoms with E-state index in [1.807, 2.05) is 31.2 Å². The summed E-state index contributed by atoms with van der Waals surface area (Å²) in [6.07, 6.45) is -4.47. The minimum absolute atomic E-state index is 0.106. The van der Waals surface area contributed by atoms with Crippen LogP contribution in [0.1, 0.15) is 17.5 Å². The number of aromatic nitrogens is 4. The fraction of sp³-hybridized carbons (Fsp3) is 0.346. The molecule has 39 heavy (non-hydrogen) atoms. The van der Waals surface area contributed by atoms with E-state index in [9.17, 15) is 27.9 Å². The van der Waals surface area contributed by atoms with Crippen molar-refractivity contribution >= 4 is 11.2 Å². The number of aliphatic hydroxyl groups excluding tert-OH is 1.